The zero-order valence-electron chi connectivity index (χ0n) is 9.17. The number of H-pyrrole nitrogens is 2. The van der Waals surface area contributed by atoms with Gasteiger partial charge in [-0.05, 0) is 13.8 Å². The molecule has 2 rings (SSSR count). The molecule has 2 heterocycles. The number of aromatic nitrogens is 6. The van der Waals surface area contributed by atoms with Gasteiger partial charge in [0.15, 0.2) is 5.82 Å². The topological polar surface area (TPSA) is 129 Å². The minimum absolute atomic E-state index is 0.104. The first kappa shape index (κ1) is 11.7. The van der Waals surface area contributed by atoms with E-state index in [0.717, 1.165) is 0 Å². The van der Waals surface area contributed by atoms with Crippen molar-refractivity contribution in [1.82, 2.24) is 35.5 Å². The SMILES string of the molecule is Cc1[nH]ncc1S(=O)(=O)NC(C)c1nn[nH]n1. The lowest BCUT2D eigenvalue weighted by atomic mass is 10.4. The van der Waals surface area contributed by atoms with Gasteiger partial charge in [-0.2, -0.15) is 10.3 Å². The van der Waals surface area contributed by atoms with E-state index in [-0.39, 0.29) is 10.7 Å². The fourth-order valence-electron chi connectivity index (χ4n) is 1.31. The van der Waals surface area contributed by atoms with Crippen LogP contribution in [0.3, 0.4) is 0 Å². The van der Waals surface area contributed by atoms with Crippen LogP contribution in [-0.2, 0) is 10.0 Å². The molecule has 0 aliphatic rings. The third-order valence-electron chi connectivity index (χ3n) is 2.15. The summed E-state index contributed by atoms with van der Waals surface area (Å²) in [6.07, 6.45) is 1.25. The molecule has 17 heavy (non-hydrogen) atoms. The minimum Gasteiger partial charge on any atom is -0.281 e. The van der Waals surface area contributed by atoms with E-state index in [1.165, 1.54) is 6.20 Å². The molecule has 0 bridgehead atoms. The molecule has 0 amide bonds. The summed E-state index contributed by atoms with van der Waals surface area (Å²) in [5, 5.41) is 19.3. The number of aryl methyl sites for hydroxylation is 1. The molecule has 0 radical (unpaired) electrons. The monoisotopic (exact) mass is 257 g/mol. The maximum absolute atomic E-state index is 12.0. The number of rotatable bonds is 4. The Morgan fingerprint density at radius 1 is 1.47 bits per heavy atom. The molecule has 1 atom stereocenters. The molecular formula is C7H11N7O2S. The zero-order valence-corrected chi connectivity index (χ0v) is 9.98. The number of aromatic amines is 2. The van der Waals surface area contributed by atoms with Crippen LogP contribution in [0.15, 0.2) is 11.1 Å². The van der Waals surface area contributed by atoms with Gasteiger partial charge in [-0.25, -0.2) is 13.1 Å². The molecule has 0 saturated heterocycles. The Balaban J connectivity index is 2.22. The second kappa shape index (κ2) is 4.22. The van der Waals surface area contributed by atoms with E-state index in [2.05, 4.69) is 35.5 Å². The van der Waals surface area contributed by atoms with E-state index in [1.54, 1.807) is 13.8 Å². The molecule has 0 saturated carbocycles. The molecule has 1 unspecified atom stereocenters. The van der Waals surface area contributed by atoms with E-state index in [4.69, 9.17) is 0 Å². The van der Waals surface area contributed by atoms with Crippen molar-refractivity contribution in [3.63, 3.8) is 0 Å². The molecule has 0 aliphatic carbocycles. The molecule has 92 valence electrons. The lowest BCUT2D eigenvalue weighted by Gasteiger charge is -2.09. The van der Waals surface area contributed by atoms with Crippen molar-refractivity contribution in [3.05, 3.63) is 17.7 Å². The number of nitrogens with one attached hydrogen (secondary N) is 3. The molecule has 3 N–H and O–H groups in total. The summed E-state index contributed by atoms with van der Waals surface area (Å²) in [6, 6.07) is -0.576. The Hall–Kier alpha value is -1.81. The van der Waals surface area contributed by atoms with Crippen molar-refractivity contribution >= 4 is 10.0 Å². The molecule has 2 aromatic rings. The van der Waals surface area contributed by atoms with Gasteiger partial charge in [-0.15, -0.1) is 10.2 Å². The van der Waals surface area contributed by atoms with Crippen molar-refractivity contribution in [2.75, 3.05) is 0 Å². The highest BCUT2D eigenvalue weighted by molar-refractivity contribution is 7.89. The normalized spacial score (nSPS) is 13.8. The largest absolute Gasteiger partial charge is 0.281 e. The fraction of sp³-hybridized carbons (Fsp3) is 0.429. The number of nitrogens with zero attached hydrogens (tertiary/aromatic N) is 4. The number of hydrogen-bond acceptors (Lipinski definition) is 6. The van der Waals surface area contributed by atoms with Gasteiger partial charge in [0, 0.05) is 0 Å². The molecule has 0 aliphatic heterocycles. The van der Waals surface area contributed by atoms with Gasteiger partial charge in [0.05, 0.1) is 17.9 Å². The van der Waals surface area contributed by atoms with Crippen molar-refractivity contribution in [3.8, 4) is 0 Å². The first-order chi connectivity index (χ1) is 8.00. The smallest absolute Gasteiger partial charge is 0.244 e. The first-order valence-electron chi connectivity index (χ1n) is 4.76. The maximum atomic E-state index is 12.0. The van der Waals surface area contributed by atoms with Gasteiger partial charge >= 0.3 is 0 Å². The highest BCUT2D eigenvalue weighted by Crippen LogP contribution is 2.14. The summed E-state index contributed by atoms with van der Waals surface area (Å²) in [7, 11) is -3.64. The summed E-state index contributed by atoms with van der Waals surface area (Å²) in [6.45, 7) is 3.25. The predicted octanol–water partition coefficient (Wildman–Crippen LogP) is -0.729. The van der Waals surface area contributed by atoms with Crippen LogP contribution >= 0.6 is 0 Å². The van der Waals surface area contributed by atoms with E-state index in [9.17, 15) is 8.42 Å². The van der Waals surface area contributed by atoms with Gasteiger partial charge in [-0.1, -0.05) is 5.21 Å². The van der Waals surface area contributed by atoms with Crippen LogP contribution < -0.4 is 4.72 Å². The summed E-state index contributed by atoms with van der Waals surface area (Å²) in [5.74, 6) is 0.273. The summed E-state index contributed by atoms with van der Waals surface area (Å²) in [5.41, 5.74) is 0.470. The van der Waals surface area contributed by atoms with Crippen molar-refractivity contribution in [2.24, 2.45) is 0 Å². The van der Waals surface area contributed by atoms with Crippen LogP contribution in [0, 0.1) is 6.92 Å². The van der Waals surface area contributed by atoms with Gasteiger partial charge in [0.2, 0.25) is 10.0 Å². The third-order valence-corrected chi connectivity index (χ3v) is 3.81. The Morgan fingerprint density at radius 3 is 2.76 bits per heavy atom. The van der Waals surface area contributed by atoms with Crippen LogP contribution in [0.2, 0.25) is 0 Å². The average Bonchev–Trinajstić information content (AvgIpc) is 2.85. The van der Waals surface area contributed by atoms with E-state index >= 15 is 0 Å². The predicted molar refractivity (Wildman–Crippen MR) is 56.2 cm³/mol. The van der Waals surface area contributed by atoms with Gasteiger partial charge < -0.3 is 0 Å². The standard InChI is InChI=1S/C7H11N7O2S/c1-4-6(3-8-9-4)17(15,16)12-5(2)7-10-13-14-11-7/h3,5,12H,1-2H3,(H,8,9)(H,10,11,13,14). The number of hydrogen-bond donors (Lipinski definition) is 3. The highest BCUT2D eigenvalue weighted by Gasteiger charge is 2.23. The Labute approximate surface area is 97.1 Å². The molecule has 9 nitrogen and oxygen atoms in total. The second-order valence-corrected chi connectivity index (χ2v) is 5.15. The van der Waals surface area contributed by atoms with Gasteiger partial charge in [0.25, 0.3) is 0 Å². The fourth-order valence-corrected chi connectivity index (χ4v) is 2.65. The summed E-state index contributed by atoms with van der Waals surface area (Å²) in [4.78, 5) is 0.104. The van der Waals surface area contributed by atoms with Crippen LogP contribution in [0.25, 0.3) is 0 Å². The minimum atomic E-state index is -3.64. The molecule has 0 aromatic carbocycles. The number of tetrazole rings is 1. The molecule has 0 fully saturated rings. The van der Waals surface area contributed by atoms with Crippen LogP contribution in [-0.4, -0.2) is 39.2 Å². The summed E-state index contributed by atoms with van der Waals surface area (Å²) >= 11 is 0. The quantitative estimate of drug-likeness (QED) is 0.662. The number of sulfonamides is 1. The van der Waals surface area contributed by atoms with Crippen molar-refractivity contribution in [1.29, 1.82) is 0 Å². The lowest BCUT2D eigenvalue weighted by Crippen LogP contribution is -2.27. The second-order valence-electron chi connectivity index (χ2n) is 3.47. The van der Waals surface area contributed by atoms with E-state index in [1.807, 2.05) is 0 Å². The van der Waals surface area contributed by atoms with Crippen molar-refractivity contribution < 1.29 is 8.42 Å². The van der Waals surface area contributed by atoms with Gasteiger partial charge in [0.1, 0.15) is 4.90 Å². The molecule has 10 heteroatoms. The van der Waals surface area contributed by atoms with E-state index < -0.39 is 16.1 Å². The van der Waals surface area contributed by atoms with E-state index in [0.29, 0.717) is 5.69 Å². The zero-order chi connectivity index (χ0) is 12.5. The third kappa shape index (κ3) is 2.31. The van der Waals surface area contributed by atoms with Crippen LogP contribution in [0.4, 0.5) is 0 Å². The highest BCUT2D eigenvalue weighted by atomic mass is 32.2. The van der Waals surface area contributed by atoms with Crippen LogP contribution in [0.5, 0.6) is 0 Å². The molecular weight excluding hydrogens is 246 g/mol. The Morgan fingerprint density at radius 2 is 2.24 bits per heavy atom. The van der Waals surface area contributed by atoms with Gasteiger partial charge in [-0.3, -0.25) is 5.10 Å². The van der Waals surface area contributed by atoms with Crippen molar-refractivity contribution in [2.45, 2.75) is 24.8 Å². The Kier molecular flexibility index (Phi) is 2.90. The molecule has 2 aromatic heterocycles. The first-order valence-corrected chi connectivity index (χ1v) is 6.24. The summed E-state index contributed by atoms with van der Waals surface area (Å²) < 4.78 is 26.4. The Bertz CT molecular complexity index is 588. The average molecular weight is 257 g/mol. The maximum Gasteiger partial charge on any atom is 0.244 e. The lowest BCUT2D eigenvalue weighted by molar-refractivity contribution is 0.559. The van der Waals surface area contributed by atoms with Crippen LogP contribution in [0.1, 0.15) is 24.5 Å². The molecule has 0 spiro atoms.